The van der Waals surface area contributed by atoms with Crippen molar-refractivity contribution in [2.75, 3.05) is 11.4 Å². The molecule has 0 radical (unpaired) electrons. The maximum atomic E-state index is 14.2. The molecule has 4 aromatic rings. The summed E-state index contributed by atoms with van der Waals surface area (Å²) in [7, 11) is 0. The first-order chi connectivity index (χ1) is 21.3. The van der Waals surface area contributed by atoms with Gasteiger partial charge in [-0.2, -0.15) is 0 Å². The number of nitrogens with zero attached hydrogens (tertiary/aromatic N) is 2. The zero-order chi connectivity index (χ0) is 31.1. The lowest BCUT2D eigenvalue weighted by Crippen LogP contribution is -2.38. The summed E-state index contributed by atoms with van der Waals surface area (Å²) in [4.78, 5) is 28.4. The molecule has 7 heteroatoms. The Balaban J connectivity index is 1.43. The molecule has 44 heavy (non-hydrogen) atoms. The van der Waals surface area contributed by atoms with Gasteiger partial charge < -0.3 is 15.1 Å². The van der Waals surface area contributed by atoms with E-state index in [4.69, 9.17) is 0 Å². The fraction of sp³-hybridized carbons (Fsp3) is 0.297. The number of anilines is 1. The first-order valence-corrected chi connectivity index (χ1v) is 16.0. The van der Waals surface area contributed by atoms with Crippen LogP contribution in [-0.2, 0) is 17.9 Å². The van der Waals surface area contributed by atoms with Gasteiger partial charge in [0.1, 0.15) is 11.3 Å². The Morgan fingerprint density at radius 2 is 1.55 bits per heavy atom. The number of hydrogen-bond acceptors (Lipinski definition) is 5. The van der Waals surface area contributed by atoms with Gasteiger partial charge in [0, 0.05) is 23.2 Å². The predicted molar refractivity (Wildman–Crippen MR) is 177 cm³/mol. The van der Waals surface area contributed by atoms with Crippen molar-refractivity contribution < 1.29 is 19.8 Å². The fourth-order valence-corrected chi connectivity index (χ4v) is 6.72. The van der Waals surface area contributed by atoms with Crippen molar-refractivity contribution in [2.24, 2.45) is 0 Å². The molecular weight excluding hydrogens is 568 g/mol. The highest BCUT2D eigenvalue weighted by atomic mass is 32.2. The van der Waals surface area contributed by atoms with Crippen molar-refractivity contribution >= 4 is 29.5 Å². The minimum Gasteiger partial charge on any atom is -0.507 e. The lowest BCUT2D eigenvalue weighted by molar-refractivity contribution is -0.118. The third-order valence-electron chi connectivity index (χ3n) is 8.40. The van der Waals surface area contributed by atoms with E-state index >= 15 is 0 Å². The average Bonchev–Trinajstić information content (AvgIpc) is 3.02. The number of carbonyl (C=O) groups excluding carboxylic acids is 1. The van der Waals surface area contributed by atoms with E-state index < -0.39 is 5.97 Å². The summed E-state index contributed by atoms with van der Waals surface area (Å²) in [5, 5.41) is 20.0. The van der Waals surface area contributed by atoms with Crippen LogP contribution in [0.5, 0.6) is 5.75 Å². The monoisotopic (exact) mass is 608 g/mol. The van der Waals surface area contributed by atoms with Gasteiger partial charge in [0.05, 0.1) is 13.1 Å². The second-order valence-corrected chi connectivity index (χ2v) is 12.9. The number of amides is 1. The highest BCUT2D eigenvalue weighted by Crippen LogP contribution is 2.33. The van der Waals surface area contributed by atoms with Crippen LogP contribution in [-0.4, -0.2) is 32.9 Å². The van der Waals surface area contributed by atoms with Gasteiger partial charge in [-0.05, 0) is 91.1 Å². The van der Waals surface area contributed by atoms with Gasteiger partial charge in [-0.3, -0.25) is 4.79 Å². The van der Waals surface area contributed by atoms with Gasteiger partial charge in [-0.15, -0.1) is 0 Å². The van der Waals surface area contributed by atoms with Crippen LogP contribution in [0.4, 0.5) is 5.69 Å². The summed E-state index contributed by atoms with van der Waals surface area (Å²) >= 11 is 1.53. The normalized spacial score (nSPS) is 13.6. The molecule has 1 aliphatic rings. The van der Waals surface area contributed by atoms with Crippen LogP contribution in [0.1, 0.15) is 76.2 Å². The molecule has 0 unspecified atom stereocenters. The van der Waals surface area contributed by atoms with Gasteiger partial charge in [0.2, 0.25) is 5.91 Å². The molecule has 0 aromatic heterocycles. The van der Waals surface area contributed by atoms with Gasteiger partial charge in [0.25, 0.3) is 0 Å². The van der Waals surface area contributed by atoms with Crippen molar-refractivity contribution in [1.29, 1.82) is 0 Å². The first kappa shape index (κ1) is 31.4. The Hall–Kier alpha value is -4.07. The smallest absolute Gasteiger partial charge is 0.339 e. The van der Waals surface area contributed by atoms with Crippen molar-refractivity contribution in [2.45, 2.75) is 69.9 Å². The summed E-state index contributed by atoms with van der Waals surface area (Å²) < 4.78 is 2.06. The SMILES string of the molecule is Cc1ccc(SN(CC(=O)N(Cc2ccc(C3CCCCC3)cc2)c2ccc(C(=O)O)c(O)c2)Cc2ccccc2C)cc1. The number of carbonyl (C=O) groups is 2. The standard InChI is InChI=1S/C37H40N2O4S/c1-26-12-19-33(20-13-26)44-38(24-31-11-7-6-8-27(31)2)25-36(41)39(32-18-21-34(37(42)43)35(40)22-32)23-28-14-16-30(17-15-28)29-9-4-3-5-10-29/h6-8,11-22,29,40H,3-5,9-10,23-25H2,1-2H3,(H,42,43). The second kappa shape index (κ2) is 14.6. The molecule has 0 heterocycles. The van der Waals surface area contributed by atoms with E-state index in [9.17, 15) is 19.8 Å². The van der Waals surface area contributed by atoms with Crippen LogP contribution in [0.3, 0.4) is 0 Å². The van der Waals surface area contributed by atoms with Gasteiger partial charge in [0.15, 0.2) is 0 Å². The Bertz CT molecular complexity index is 1580. The van der Waals surface area contributed by atoms with E-state index in [1.165, 1.54) is 67.3 Å². The Kier molecular flexibility index (Phi) is 10.4. The van der Waals surface area contributed by atoms with E-state index in [0.717, 1.165) is 21.6 Å². The molecule has 1 saturated carbocycles. The van der Waals surface area contributed by atoms with Crippen LogP contribution in [0.2, 0.25) is 0 Å². The lowest BCUT2D eigenvalue weighted by Gasteiger charge is -2.28. The summed E-state index contributed by atoms with van der Waals surface area (Å²) in [6.45, 7) is 5.08. The quantitative estimate of drug-likeness (QED) is 0.166. The maximum absolute atomic E-state index is 14.2. The summed E-state index contributed by atoms with van der Waals surface area (Å²) in [6.07, 6.45) is 6.28. The summed E-state index contributed by atoms with van der Waals surface area (Å²) in [6, 6.07) is 29.3. The lowest BCUT2D eigenvalue weighted by atomic mass is 9.84. The van der Waals surface area contributed by atoms with Crippen LogP contribution in [0, 0.1) is 13.8 Å². The van der Waals surface area contributed by atoms with Crippen molar-refractivity contribution in [3.05, 3.63) is 124 Å². The van der Waals surface area contributed by atoms with E-state index in [0.29, 0.717) is 24.7 Å². The fourth-order valence-electron chi connectivity index (χ4n) is 5.79. The summed E-state index contributed by atoms with van der Waals surface area (Å²) in [5.41, 5.74) is 6.01. The van der Waals surface area contributed by atoms with E-state index in [1.807, 2.05) is 19.1 Å². The van der Waals surface area contributed by atoms with Crippen LogP contribution >= 0.6 is 11.9 Å². The van der Waals surface area contributed by atoms with Crippen LogP contribution in [0.25, 0.3) is 0 Å². The topological polar surface area (TPSA) is 81.1 Å². The van der Waals surface area contributed by atoms with Gasteiger partial charge in [-0.1, -0.05) is 85.5 Å². The third-order valence-corrected chi connectivity index (χ3v) is 9.40. The average molecular weight is 609 g/mol. The molecule has 0 spiro atoms. The largest absolute Gasteiger partial charge is 0.507 e. The number of phenols is 1. The number of benzene rings is 4. The van der Waals surface area contributed by atoms with Crippen LogP contribution < -0.4 is 4.90 Å². The molecule has 4 aromatic carbocycles. The number of aryl methyl sites for hydroxylation is 2. The maximum Gasteiger partial charge on any atom is 0.339 e. The zero-order valence-electron chi connectivity index (χ0n) is 25.4. The number of aromatic hydroxyl groups is 1. The van der Waals surface area contributed by atoms with E-state index in [1.54, 1.807) is 11.0 Å². The van der Waals surface area contributed by atoms with Crippen molar-refractivity contribution in [3.8, 4) is 5.75 Å². The van der Waals surface area contributed by atoms with E-state index in [2.05, 4.69) is 71.9 Å². The number of hydrogen-bond donors (Lipinski definition) is 2. The van der Waals surface area contributed by atoms with Gasteiger partial charge >= 0.3 is 5.97 Å². The molecule has 5 rings (SSSR count). The molecule has 1 amide bonds. The minimum atomic E-state index is -1.22. The predicted octanol–water partition coefficient (Wildman–Crippen LogP) is 8.50. The van der Waals surface area contributed by atoms with Crippen molar-refractivity contribution in [1.82, 2.24) is 4.31 Å². The molecule has 0 aliphatic heterocycles. The molecule has 1 aliphatic carbocycles. The third kappa shape index (κ3) is 8.10. The van der Waals surface area contributed by atoms with Crippen LogP contribution in [0.15, 0.2) is 95.9 Å². The second-order valence-electron chi connectivity index (χ2n) is 11.7. The minimum absolute atomic E-state index is 0.106. The van der Waals surface area contributed by atoms with Gasteiger partial charge in [-0.25, -0.2) is 9.10 Å². The summed E-state index contributed by atoms with van der Waals surface area (Å²) in [5.74, 6) is -1.16. The Morgan fingerprint density at radius 1 is 0.841 bits per heavy atom. The number of aromatic carboxylic acids is 1. The molecule has 6 nitrogen and oxygen atoms in total. The molecule has 0 saturated heterocycles. The number of rotatable bonds is 11. The van der Waals surface area contributed by atoms with E-state index in [-0.39, 0.29) is 23.8 Å². The molecule has 0 bridgehead atoms. The molecule has 228 valence electrons. The molecular formula is C37H40N2O4S. The first-order valence-electron chi connectivity index (χ1n) is 15.3. The highest BCUT2D eigenvalue weighted by Gasteiger charge is 2.23. The zero-order valence-corrected chi connectivity index (χ0v) is 26.2. The molecule has 1 fully saturated rings. The molecule has 2 N–H and O–H groups in total. The number of carboxylic acids is 1. The highest BCUT2D eigenvalue weighted by molar-refractivity contribution is 7.97. The number of carboxylic acid groups (broad SMARTS) is 1. The Morgan fingerprint density at radius 3 is 2.20 bits per heavy atom. The van der Waals surface area contributed by atoms with Crippen molar-refractivity contribution in [3.63, 3.8) is 0 Å². The molecule has 0 atom stereocenters. The Labute approximate surface area is 264 Å².